The Kier molecular flexibility index (Phi) is 5.08. The van der Waals surface area contributed by atoms with Crippen LogP contribution in [0.5, 0.6) is 0 Å². The van der Waals surface area contributed by atoms with Crippen LogP contribution >= 0.6 is 0 Å². The lowest BCUT2D eigenvalue weighted by Gasteiger charge is -2.27. The van der Waals surface area contributed by atoms with Crippen LogP contribution in [-0.4, -0.2) is 38.3 Å². The second kappa shape index (κ2) is 7.95. The summed E-state index contributed by atoms with van der Waals surface area (Å²) in [4.78, 5) is 22.4. The van der Waals surface area contributed by atoms with Gasteiger partial charge in [-0.05, 0) is 62.4 Å². The molecule has 8 nitrogen and oxygen atoms in total. The molecule has 4 aromatic rings. The molecule has 1 fully saturated rings. The molecule has 8 heteroatoms. The van der Waals surface area contributed by atoms with Crippen molar-refractivity contribution in [3.63, 3.8) is 0 Å². The number of imidazole rings is 1. The monoisotopic (exact) mass is 445 g/mol. The summed E-state index contributed by atoms with van der Waals surface area (Å²) < 4.78 is 10.9. The van der Waals surface area contributed by atoms with Gasteiger partial charge in [-0.1, -0.05) is 35.5 Å². The molecule has 3 heterocycles. The minimum absolute atomic E-state index is 0.103. The highest BCUT2D eigenvalue weighted by atomic mass is 16.6. The van der Waals surface area contributed by atoms with Gasteiger partial charge in [-0.15, -0.1) is 0 Å². The Hall–Kier alpha value is -3.81. The number of hydrogen-bond acceptors (Lipinski definition) is 6. The summed E-state index contributed by atoms with van der Waals surface area (Å²) in [5.74, 6) is 1.18. The summed E-state index contributed by atoms with van der Waals surface area (Å²) in [6.07, 6.45) is 3.31. The first-order valence-corrected chi connectivity index (χ1v) is 11.1. The third-order valence-corrected chi connectivity index (χ3v) is 5.82. The van der Waals surface area contributed by atoms with Gasteiger partial charge in [-0.2, -0.15) is 0 Å². The third kappa shape index (κ3) is 4.16. The number of nitrogens with zero attached hydrogens (tertiary/aromatic N) is 3. The maximum Gasteiger partial charge on any atom is 0.410 e. The molecule has 2 aromatic carbocycles. The van der Waals surface area contributed by atoms with Crippen LogP contribution in [-0.2, 0) is 4.74 Å². The number of carbonyl (C=O) groups is 1. The molecular formula is C25H27N5O3. The zero-order valence-corrected chi connectivity index (χ0v) is 19.0. The summed E-state index contributed by atoms with van der Waals surface area (Å²) in [5, 5.41) is 4.62. The SMILES string of the molecule is CC(C)(C)OC(=O)N1CCCC1c1ncc(-c2ccc(-c3ccc4c(N)noc4c3)cc2)[nH]1. The molecule has 1 amide bonds. The minimum Gasteiger partial charge on any atom is -0.444 e. The average Bonchev–Trinajstić information content (AvgIpc) is 3.52. The van der Waals surface area contributed by atoms with Crippen LogP contribution in [0.1, 0.15) is 45.5 Å². The van der Waals surface area contributed by atoms with Gasteiger partial charge < -0.3 is 20.0 Å². The largest absolute Gasteiger partial charge is 0.444 e. The first-order chi connectivity index (χ1) is 15.8. The predicted molar refractivity (Wildman–Crippen MR) is 126 cm³/mol. The van der Waals surface area contributed by atoms with E-state index in [-0.39, 0.29) is 12.1 Å². The number of aromatic nitrogens is 3. The van der Waals surface area contributed by atoms with E-state index < -0.39 is 5.60 Å². The van der Waals surface area contributed by atoms with Gasteiger partial charge in [0, 0.05) is 6.54 Å². The van der Waals surface area contributed by atoms with Crippen molar-refractivity contribution in [2.24, 2.45) is 0 Å². The number of benzene rings is 2. The van der Waals surface area contributed by atoms with Crippen molar-refractivity contribution in [1.29, 1.82) is 0 Å². The third-order valence-electron chi connectivity index (χ3n) is 5.82. The summed E-state index contributed by atoms with van der Waals surface area (Å²) in [6.45, 7) is 6.31. The van der Waals surface area contributed by atoms with Crippen LogP contribution in [0.25, 0.3) is 33.4 Å². The highest BCUT2D eigenvalue weighted by Crippen LogP contribution is 2.33. The number of nitrogen functional groups attached to an aromatic ring is 1. The fourth-order valence-corrected chi connectivity index (χ4v) is 4.22. The second-order valence-corrected chi connectivity index (χ2v) is 9.37. The first kappa shape index (κ1) is 21.1. The van der Waals surface area contributed by atoms with E-state index in [0.717, 1.165) is 46.4 Å². The van der Waals surface area contributed by atoms with E-state index in [0.29, 0.717) is 17.9 Å². The van der Waals surface area contributed by atoms with Gasteiger partial charge in [-0.3, -0.25) is 4.90 Å². The lowest BCUT2D eigenvalue weighted by atomic mass is 10.0. The molecule has 1 atom stereocenters. The Morgan fingerprint density at radius 3 is 2.64 bits per heavy atom. The summed E-state index contributed by atoms with van der Waals surface area (Å²) in [5.41, 5.74) is 9.95. The number of likely N-dealkylation sites (tertiary alicyclic amines) is 1. The molecule has 33 heavy (non-hydrogen) atoms. The van der Waals surface area contributed by atoms with Crippen LogP contribution in [0.4, 0.5) is 10.6 Å². The van der Waals surface area contributed by atoms with E-state index in [1.807, 2.05) is 57.3 Å². The minimum atomic E-state index is -0.523. The Bertz CT molecular complexity index is 1300. The van der Waals surface area contributed by atoms with E-state index in [1.165, 1.54) is 0 Å². The fraction of sp³-hybridized carbons (Fsp3) is 0.320. The van der Waals surface area contributed by atoms with E-state index in [2.05, 4.69) is 27.3 Å². The van der Waals surface area contributed by atoms with Crippen LogP contribution < -0.4 is 5.73 Å². The van der Waals surface area contributed by atoms with Crippen molar-refractivity contribution >= 4 is 22.9 Å². The fourth-order valence-electron chi connectivity index (χ4n) is 4.22. The van der Waals surface area contributed by atoms with E-state index >= 15 is 0 Å². The van der Waals surface area contributed by atoms with Crippen LogP contribution in [0.3, 0.4) is 0 Å². The molecular weight excluding hydrogens is 418 g/mol. The summed E-state index contributed by atoms with van der Waals surface area (Å²) in [7, 11) is 0. The van der Waals surface area contributed by atoms with Crippen molar-refractivity contribution in [2.45, 2.75) is 45.3 Å². The zero-order valence-electron chi connectivity index (χ0n) is 19.0. The van der Waals surface area contributed by atoms with Crippen LogP contribution in [0, 0.1) is 0 Å². The molecule has 0 spiro atoms. The number of nitrogens with one attached hydrogen (secondary N) is 1. The quantitative estimate of drug-likeness (QED) is 0.428. The smallest absolute Gasteiger partial charge is 0.410 e. The lowest BCUT2D eigenvalue weighted by molar-refractivity contribution is 0.0218. The van der Waals surface area contributed by atoms with Crippen molar-refractivity contribution in [2.75, 3.05) is 12.3 Å². The molecule has 2 aromatic heterocycles. The average molecular weight is 446 g/mol. The van der Waals surface area contributed by atoms with E-state index in [9.17, 15) is 4.79 Å². The number of ether oxygens (including phenoxy) is 1. The molecule has 3 N–H and O–H groups in total. The molecule has 5 rings (SSSR count). The van der Waals surface area contributed by atoms with E-state index in [1.54, 1.807) is 4.90 Å². The van der Waals surface area contributed by atoms with Gasteiger partial charge in [0.05, 0.1) is 23.3 Å². The number of aromatic amines is 1. The maximum absolute atomic E-state index is 12.6. The topological polar surface area (TPSA) is 110 Å². The van der Waals surface area contributed by atoms with Gasteiger partial charge in [0.1, 0.15) is 11.4 Å². The molecule has 170 valence electrons. The number of H-pyrrole nitrogens is 1. The molecule has 0 radical (unpaired) electrons. The predicted octanol–water partition coefficient (Wildman–Crippen LogP) is 5.54. The van der Waals surface area contributed by atoms with Gasteiger partial charge in [0.2, 0.25) is 0 Å². The zero-order chi connectivity index (χ0) is 23.2. The van der Waals surface area contributed by atoms with Crippen molar-refractivity contribution in [1.82, 2.24) is 20.0 Å². The highest BCUT2D eigenvalue weighted by molar-refractivity contribution is 5.90. The number of fused-ring (bicyclic) bond motifs is 1. The number of rotatable bonds is 3. The van der Waals surface area contributed by atoms with Crippen molar-refractivity contribution in [3.05, 3.63) is 54.5 Å². The van der Waals surface area contributed by atoms with Gasteiger partial charge in [-0.25, -0.2) is 9.78 Å². The molecule has 1 aliphatic rings. The van der Waals surface area contributed by atoms with Gasteiger partial charge >= 0.3 is 6.09 Å². The number of hydrogen-bond donors (Lipinski definition) is 2. The standard InChI is InChI=1S/C25H27N5O3/c1-25(2,3)32-24(31)30-12-4-5-20(30)23-27-14-19(28-23)16-8-6-15(7-9-16)17-10-11-18-21(13-17)33-29-22(18)26/h6-11,13-14,20H,4-5,12H2,1-3H3,(H2,26,29)(H,27,28). The van der Waals surface area contributed by atoms with Gasteiger partial charge in [0.25, 0.3) is 0 Å². The second-order valence-electron chi connectivity index (χ2n) is 9.37. The molecule has 1 unspecified atom stereocenters. The molecule has 0 bridgehead atoms. The Morgan fingerprint density at radius 2 is 1.88 bits per heavy atom. The Balaban J connectivity index is 1.34. The normalized spacial score (nSPS) is 16.5. The van der Waals surface area contributed by atoms with Crippen molar-refractivity contribution in [3.8, 4) is 22.4 Å². The number of amides is 1. The first-order valence-electron chi connectivity index (χ1n) is 11.1. The lowest BCUT2D eigenvalue weighted by Crippen LogP contribution is -2.36. The van der Waals surface area contributed by atoms with Gasteiger partial charge in [0.15, 0.2) is 11.4 Å². The molecule has 1 saturated heterocycles. The number of carbonyl (C=O) groups excluding carboxylic acids is 1. The van der Waals surface area contributed by atoms with Crippen molar-refractivity contribution < 1.29 is 14.1 Å². The number of nitrogens with two attached hydrogens (primary N) is 1. The van der Waals surface area contributed by atoms with Crippen LogP contribution in [0.15, 0.2) is 53.2 Å². The summed E-state index contributed by atoms with van der Waals surface area (Å²) >= 11 is 0. The van der Waals surface area contributed by atoms with E-state index in [4.69, 9.17) is 15.0 Å². The maximum atomic E-state index is 12.6. The molecule has 0 aliphatic carbocycles. The highest BCUT2D eigenvalue weighted by Gasteiger charge is 2.34. The van der Waals surface area contributed by atoms with Crippen LogP contribution in [0.2, 0.25) is 0 Å². The Morgan fingerprint density at radius 1 is 1.15 bits per heavy atom. The summed E-state index contributed by atoms with van der Waals surface area (Å²) in [6, 6.07) is 14.0. The molecule has 1 aliphatic heterocycles. The molecule has 0 saturated carbocycles. The number of anilines is 1. The Labute approximate surface area is 191 Å².